The fourth-order valence-corrected chi connectivity index (χ4v) is 0.676. The average Bonchev–Trinajstić information content (AvgIpc) is 1.97. The van der Waals surface area contributed by atoms with Gasteiger partial charge in [-0.3, -0.25) is 4.79 Å². The molecule has 0 unspecified atom stereocenters. The van der Waals surface area contributed by atoms with Crippen LogP contribution < -0.4 is 11.1 Å². The van der Waals surface area contributed by atoms with E-state index in [-0.39, 0.29) is 11.3 Å². The largest absolute Gasteiger partial charge is 0.351 e. The summed E-state index contributed by atoms with van der Waals surface area (Å²) in [6, 6.07) is -0.461. The van der Waals surface area contributed by atoms with Gasteiger partial charge in [-0.05, 0) is 5.41 Å². The molecule has 0 aromatic carbocycles. The fraction of sp³-hybridized carbons (Fsp3) is 0.667. The van der Waals surface area contributed by atoms with Crippen LogP contribution >= 0.6 is 0 Å². The third-order valence-corrected chi connectivity index (χ3v) is 1.64. The Hall–Kier alpha value is -0.830. The van der Waals surface area contributed by atoms with E-state index >= 15 is 0 Å². The zero-order chi connectivity index (χ0) is 9.78. The highest BCUT2D eigenvalue weighted by Gasteiger charge is 2.26. The Bertz CT molecular complexity index is 170. The zero-order valence-corrected chi connectivity index (χ0v) is 8.05. The zero-order valence-electron chi connectivity index (χ0n) is 8.05. The second-order valence-electron chi connectivity index (χ2n) is 3.88. The van der Waals surface area contributed by atoms with Gasteiger partial charge in [-0.25, -0.2) is 0 Å². The molecule has 0 fully saturated rings. The number of carbonyl (C=O) groups is 1. The molecule has 0 aromatic rings. The van der Waals surface area contributed by atoms with Gasteiger partial charge < -0.3 is 11.1 Å². The minimum atomic E-state index is -0.461. The smallest absolute Gasteiger partial charge is 0.237 e. The van der Waals surface area contributed by atoms with Crippen molar-refractivity contribution >= 4 is 5.91 Å². The molecule has 70 valence electrons. The molecule has 12 heavy (non-hydrogen) atoms. The van der Waals surface area contributed by atoms with Gasteiger partial charge in [0.15, 0.2) is 0 Å². The first-order chi connectivity index (χ1) is 5.39. The summed E-state index contributed by atoms with van der Waals surface area (Å²) in [5.74, 6) is -0.123. The summed E-state index contributed by atoms with van der Waals surface area (Å²) in [4.78, 5) is 11.3. The van der Waals surface area contributed by atoms with Crippen LogP contribution in [0.1, 0.15) is 20.8 Å². The molecule has 0 saturated heterocycles. The summed E-state index contributed by atoms with van der Waals surface area (Å²) in [5.41, 5.74) is 5.50. The Morgan fingerprint density at radius 3 is 2.50 bits per heavy atom. The highest BCUT2D eigenvalue weighted by Crippen LogP contribution is 2.16. The maximum Gasteiger partial charge on any atom is 0.237 e. The van der Waals surface area contributed by atoms with Crippen LogP contribution in [-0.4, -0.2) is 18.5 Å². The van der Waals surface area contributed by atoms with Gasteiger partial charge >= 0.3 is 0 Å². The Balaban J connectivity index is 4.02. The van der Waals surface area contributed by atoms with E-state index in [4.69, 9.17) is 5.73 Å². The van der Waals surface area contributed by atoms with Crippen molar-refractivity contribution in [3.8, 4) is 0 Å². The predicted octanol–water partition coefficient (Wildman–Crippen LogP) is 0.662. The van der Waals surface area contributed by atoms with Crippen molar-refractivity contribution in [1.29, 1.82) is 0 Å². The lowest BCUT2D eigenvalue weighted by molar-refractivity contribution is -0.124. The quantitative estimate of drug-likeness (QED) is 0.611. The van der Waals surface area contributed by atoms with Crippen LogP contribution in [0.15, 0.2) is 12.7 Å². The van der Waals surface area contributed by atoms with E-state index in [1.165, 1.54) is 0 Å². The molecule has 3 N–H and O–H groups in total. The lowest BCUT2D eigenvalue weighted by Gasteiger charge is -2.25. The van der Waals surface area contributed by atoms with Crippen LogP contribution in [0.25, 0.3) is 0 Å². The Morgan fingerprint density at radius 1 is 1.67 bits per heavy atom. The van der Waals surface area contributed by atoms with Crippen molar-refractivity contribution < 1.29 is 4.79 Å². The number of nitrogens with one attached hydrogen (secondary N) is 1. The van der Waals surface area contributed by atoms with Gasteiger partial charge in [-0.15, -0.1) is 6.58 Å². The molecular weight excluding hydrogens is 152 g/mol. The van der Waals surface area contributed by atoms with Crippen molar-refractivity contribution in [1.82, 2.24) is 5.32 Å². The molecule has 0 spiro atoms. The normalized spacial score (nSPS) is 13.7. The summed E-state index contributed by atoms with van der Waals surface area (Å²) in [5, 5.41) is 2.66. The SMILES string of the molecule is C=CCNC(=O)[C@H](N)C(C)(C)C. The number of amides is 1. The van der Waals surface area contributed by atoms with E-state index in [0.29, 0.717) is 6.54 Å². The lowest BCUT2D eigenvalue weighted by atomic mass is 9.87. The Labute approximate surface area is 74.0 Å². The monoisotopic (exact) mass is 170 g/mol. The Kier molecular flexibility index (Phi) is 3.96. The molecule has 0 rings (SSSR count). The summed E-state index contributed by atoms with van der Waals surface area (Å²) in [7, 11) is 0. The van der Waals surface area contributed by atoms with E-state index in [2.05, 4.69) is 11.9 Å². The molecule has 1 atom stereocenters. The summed E-state index contributed by atoms with van der Waals surface area (Å²) >= 11 is 0. The highest BCUT2D eigenvalue weighted by atomic mass is 16.2. The third kappa shape index (κ3) is 3.53. The van der Waals surface area contributed by atoms with Gasteiger partial charge in [-0.2, -0.15) is 0 Å². The number of carbonyl (C=O) groups excluding carboxylic acids is 1. The molecule has 0 bridgehead atoms. The molecule has 0 saturated carbocycles. The molecule has 0 heterocycles. The molecule has 0 radical (unpaired) electrons. The second kappa shape index (κ2) is 4.26. The molecule has 1 amide bonds. The number of hydrogen-bond acceptors (Lipinski definition) is 2. The Morgan fingerprint density at radius 2 is 2.17 bits per heavy atom. The second-order valence-corrected chi connectivity index (χ2v) is 3.88. The number of nitrogens with two attached hydrogens (primary N) is 1. The van der Waals surface area contributed by atoms with Crippen LogP contribution in [0.2, 0.25) is 0 Å². The first-order valence-electron chi connectivity index (χ1n) is 4.03. The minimum absolute atomic E-state index is 0.123. The van der Waals surface area contributed by atoms with Crippen LogP contribution in [0.5, 0.6) is 0 Å². The van der Waals surface area contributed by atoms with Crippen molar-refractivity contribution in [2.75, 3.05) is 6.54 Å². The van der Waals surface area contributed by atoms with Gasteiger partial charge in [-0.1, -0.05) is 26.8 Å². The maximum absolute atomic E-state index is 11.3. The lowest BCUT2D eigenvalue weighted by Crippen LogP contribution is -2.48. The van der Waals surface area contributed by atoms with E-state index in [1.807, 2.05) is 20.8 Å². The number of rotatable bonds is 3. The first-order valence-corrected chi connectivity index (χ1v) is 4.03. The van der Waals surface area contributed by atoms with E-state index in [0.717, 1.165) is 0 Å². The average molecular weight is 170 g/mol. The molecular formula is C9H18N2O. The third-order valence-electron chi connectivity index (χ3n) is 1.64. The topological polar surface area (TPSA) is 55.1 Å². The van der Waals surface area contributed by atoms with Gasteiger partial charge in [0, 0.05) is 6.54 Å². The molecule has 3 heteroatoms. The van der Waals surface area contributed by atoms with Crippen molar-refractivity contribution in [2.45, 2.75) is 26.8 Å². The molecule has 0 aliphatic carbocycles. The fourth-order valence-electron chi connectivity index (χ4n) is 0.676. The van der Waals surface area contributed by atoms with Crippen molar-refractivity contribution in [2.24, 2.45) is 11.1 Å². The molecule has 0 aromatic heterocycles. The van der Waals surface area contributed by atoms with Crippen molar-refractivity contribution in [3.63, 3.8) is 0 Å². The maximum atomic E-state index is 11.3. The van der Waals surface area contributed by atoms with Crippen molar-refractivity contribution in [3.05, 3.63) is 12.7 Å². The van der Waals surface area contributed by atoms with Crippen LogP contribution in [0, 0.1) is 5.41 Å². The summed E-state index contributed by atoms with van der Waals surface area (Å²) < 4.78 is 0. The first kappa shape index (κ1) is 11.2. The molecule has 3 nitrogen and oxygen atoms in total. The van der Waals surface area contributed by atoms with E-state index < -0.39 is 6.04 Å². The van der Waals surface area contributed by atoms with E-state index in [1.54, 1.807) is 6.08 Å². The standard InChI is InChI=1S/C9H18N2O/c1-5-6-11-8(12)7(10)9(2,3)4/h5,7H,1,6,10H2,2-4H3,(H,11,12)/t7-/m0/s1. The summed E-state index contributed by atoms with van der Waals surface area (Å²) in [6.07, 6.45) is 1.63. The highest BCUT2D eigenvalue weighted by molar-refractivity contribution is 5.82. The van der Waals surface area contributed by atoms with Crippen LogP contribution in [-0.2, 0) is 4.79 Å². The molecule has 0 aliphatic rings. The van der Waals surface area contributed by atoms with Crippen LogP contribution in [0.4, 0.5) is 0 Å². The van der Waals surface area contributed by atoms with Gasteiger partial charge in [0.25, 0.3) is 0 Å². The van der Waals surface area contributed by atoms with Gasteiger partial charge in [0.05, 0.1) is 6.04 Å². The van der Waals surface area contributed by atoms with E-state index in [9.17, 15) is 4.79 Å². The predicted molar refractivity (Wildman–Crippen MR) is 50.6 cm³/mol. The number of hydrogen-bond donors (Lipinski definition) is 2. The summed E-state index contributed by atoms with van der Waals surface area (Å²) in [6.45, 7) is 9.78. The van der Waals surface area contributed by atoms with Gasteiger partial charge in [0.1, 0.15) is 0 Å². The molecule has 0 aliphatic heterocycles. The van der Waals surface area contributed by atoms with Crippen LogP contribution in [0.3, 0.4) is 0 Å². The van der Waals surface area contributed by atoms with Gasteiger partial charge in [0.2, 0.25) is 5.91 Å². The minimum Gasteiger partial charge on any atom is -0.351 e.